The SMILES string of the molecule is CN(C[C@@H]1CN(C(=O)Cc2cccs2)CCO1)c1nccn(C)c1=O. The molecule has 134 valence electrons. The second-order valence-electron chi connectivity index (χ2n) is 6.14. The molecule has 1 aliphatic heterocycles. The summed E-state index contributed by atoms with van der Waals surface area (Å²) >= 11 is 1.59. The lowest BCUT2D eigenvalue weighted by molar-refractivity contribution is -0.137. The summed E-state index contributed by atoms with van der Waals surface area (Å²) in [5.74, 6) is 0.503. The van der Waals surface area contributed by atoms with Crippen LogP contribution in [0.1, 0.15) is 4.88 Å². The second-order valence-corrected chi connectivity index (χ2v) is 7.17. The Labute approximate surface area is 150 Å². The first kappa shape index (κ1) is 17.6. The molecule has 0 radical (unpaired) electrons. The van der Waals surface area contributed by atoms with Crippen LogP contribution in [-0.2, 0) is 23.0 Å². The van der Waals surface area contributed by atoms with Crippen molar-refractivity contribution in [3.8, 4) is 0 Å². The molecule has 7 nitrogen and oxygen atoms in total. The summed E-state index contributed by atoms with van der Waals surface area (Å²) in [5.41, 5.74) is -0.147. The average Bonchev–Trinajstić information content (AvgIpc) is 3.10. The minimum absolute atomic E-state index is 0.118. The quantitative estimate of drug-likeness (QED) is 0.785. The van der Waals surface area contributed by atoms with E-state index in [9.17, 15) is 9.59 Å². The van der Waals surface area contributed by atoms with Crippen LogP contribution in [0.15, 0.2) is 34.7 Å². The summed E-state index contributed by atoms with van der Waals surface area (Å²) in [5, 5.41) is 1.98. The Morgan fingerprint density at radius 2 is 2.36 bits per heavy atom. The number of aryl methyl sites for hydroxylation is 1. The highest BCUT2D eigenvalue weighted by Crippen LogP contribution is 2.14. The molecule has 1 amide bonds. The Kier molecular flexibility index (Phi) is 5.50. The van der Waals surface area contributed by atoms with E-state index in [1.165, 1.54) is 4.57 Å². The van der Waals surface area contributed by atoms with Gasteiger partial charge in [-0.15, -0.1) is 11.3 Å². The Morgan fingerprint density at radius 3 is 3.12 bits per heavy atom. The highest BCUT2D eigenvalue weighted by molar-refractivity contribution is 7.10. The summed E-state index contributed by atoms with van der Waals surface area (Å²) in [6.07, 6.45) is 3.52. The molecule has 8 heteroatoms. The molecule has 0 aliphatic carbocycles. The summed E-state index contributed by atoms with van der Waals surface area (Å²) in [6.45, 7) is 2.15. The monoisotopic (exact) mass is 362 g/mol. The fourth-order valence-corrected chi connectivity index (χ4v) is 3.56. The molecule has 2 aromatic heterocycles. The zero-order valence-corrected chi connectivity index (χ0v) is 15.2. The molecule has 1 aliphatic rings. The maximum Gasteiger partial charge on any atom is 0.293 e. The number of hydrogen-bond acceptors (Lipinski definition) is 6. The third kappa shape index (κ3) is 4.26. The van der Waals surface area contributed by atoms with Gasteiger partial charge >= 0.3 is 0 Å². The number of anilines is 1. The molecule has 0 N–H and O–H groups in total. The Bertz CT molecular complexity index is 774. The van der Waals surface area contributed by atoms with Gasteiger partial charge in [0.15, 0.2) is 5.82 Å². The topological polar surface area (TPSA) is 67.7 Å². The minimum Gasteiger partial charge on any atom is -0.373 e. The second kappa shape index (κ2) is 7.79. The number of nitrogens with zero attached hydrogens (tertiary/aromatic N) is 4. The molecule has 0 saturated carbocycles. The standard InChI is InChI=1S/C17H22N4O3S/c1-19-6-5-18-16(17(19)23)20(2)11-13-12-21(7-8-24-13)15(22)10-14-4-3-9-25-14/h3-6,9,13H,7-8,10-12H2,1-2H3/t13-/m1/s1. The normalized spacial score (nSPS) is 17.5. The zero-order chi connectivity index (χ0) is 17.8. The summed E-state index contributed by atoms with van der Waals surface area (Å²) in [6, 6.07) is 3.93. The van der Waals surface area contributed by atoms with E-state index in [0.29, 0.717) is 38.5 Å². The number of aromatic nitrogens is 2. The van der Waals surface area contributed by atoms with Crippen molar-refractivity contribution in [2.75, 3.05) is 38.2 Å². The van der Waals surface area contributed by atoms with Crippen molar-refractivity contribution in [3.05, 3.63) is 45.1 Å². The van der Waals surface area contributed by atoms with Crippen molar-refractivity contribution < 1.29 is 9.53 Å². The van der Waals surface area contributed by atoms with Crippen LogP contribution in [0.4, 0.5) is 5.82 Å². The van der Waals surface area contributed by atoms with Gasteiger partial charge in [0.2, 0.25) is 5.91 Å². The number of rotatable bonds is 5. The predicted octanol–water partition coefficient (Wildman–Crippen LogP) is 0.748. The van der Waals surface area contributed by atoms with E-state index in [1.807, 2.05) is 29.5 Å². The molecule has 1 fully saturated rings. The fourth-order valence-electron chi connectivity index (χ4n) is 2.87. The van der Waals surface area contributed by atoms with Crippen molar-refractivity contribution in [1.29, 1.82) is 0 Å². The number of carbonyl (C=O) groups excluding carboxylic acids is 1. The van der Waals surface area contributed by atoms with Gasteiger partial charge in [-0.05, 0) is 11.4 Å². The molecule has 0 bridgehead atoms. The van der Waals surface area contributed by atoms with Crippen molar-refractivity contribution in [2.45, 2.75) is 12.5 Å². The van der Waals surface area contributed by atoms with Crippen LogP contribution < -0.4 is 10.5 Å². The van der Waals surface area contributed by atoms with E-state index in [0.717, 1.165) is 4.88 Å². The predicted molar refractivity (Wildman–Crippen MR) is 97.1 cm³/mol. The lowest BCUT2D eigenvalue weighted by atomic mass is 10.2. The minimum atomic E-state index is -0.147. The first-order valence-corrected chi connectivity index (χ1v) is 9.07. The maximum absolute atomic E-state index is 12.5. The number of ether oxygens (including phenoxy) is 1. The van der Waals surface area contributed by atoms with Crippen LogP contribution in [0.2, 0.25) is 0 Å². The molecule has 0 unspecified atom stereocenters. The number of hydrogen-bond donors (Lipinski definition) is 0. The smallest absolute Gasteiger partial charge is 0.293 e. The van der Waals surface area contributed by atoms with Gasteiger partial charge in [-0.2, -0.15) is 0 Å². The van der Waals surface area contributed by atoms with E-state index >= 15 is 0 Å². The molecular weight excluding hydrogens is 340 g/mol. The Morgan fingerprint density at radius 1 is 1.52 bits per heavy atom. The molecule has 0 spiro atoms. The van der Waals surface area contributed by atoms with E-state index in [4.69, 9.17) is 4.74 Å². The zero-order valence-electron chi connectivity index (χ0n) is 14.4. The van der Waals surface area contributed by atoms with Gasteiger partial charge in [0, 0.05) is 51.0 Å². The highest BCUT2D eigenvalue weighted by atomic mass is 32.1. The van der Waals surface area contributed by atoms with Crippen molar-refractivity contribution in [1.82, 2.24) is 14.5 Å². The summed E-state index contributed by atoms with van der Waals surface area (Å²) < 4.78 is 7.28. The van der Waals surface area contributed by atoms with Gasteiger partial charge in [0.25, 0.3) is 5.56 Å². The van der Waals surface area contributed by atoms with E-state index in [2.05, 4.69) is 4.98 Å². The fraction of sp³-hybridized carbons (Fsp3) is 0.471. The van der Waals surface area contributed by atoms with Gasteiger partial charge in [-0.3, -0.25) is 9.59 Å². The van der Waals surface area contributed by atoms with Gasteiger partial charge in [0.1, 0.15) is 0 Å². The lowest BCUT2D eigenvalue weighted by Gasteiger charge is -2.35. The van der Waals surface area contributed by atoms with Gasteiger partial charge in [0.05, 0.1) is 19.1 Å². The van der Waals surface area contributed by atoms with Crippen molar-refractivity contribution in [2.24, 2.45) is 7.05 Å². The van der Waals surface area contributed by atoms with Crippen LogP contribution in [0.25, 0.3) is 0 Å². The number of thiophene rings is 1. The van der Waals surface area contributed by atoms with Crippen LogP contribution in [0, 0.1) is 0 Å². The van der Waals surface area contributed by atoms with E-state index < -0.39 is 0 Å². The first-order chi connectivity index (χ1) is 12.0. The molecule has 3 heterocycles. The van der Waals surface area contributed by atoms with Gasteiger partial charge < -0.3 is 19.1 Å². The van der Waals surface area contributed by atoms with Crippen LogP contribution in [-0.4, -0.2) is 59.8 Å². The third-order valence-corrected chi connectivity index (χ3v) is 5.11. The lowest BCUT2D eigenvalue weighted by Crippen LogP contribution is -2.50. The average molecular weight is 362 g/mol. The highest BCUT2D eigenvalue weighted by Gasteiger charge is 2.26. The van der Waals surface area contributed by atoms with Gasteiger partial charge in [-0.25, -0.2) is 4.98 Å². The van der Waals surface area contributed by atoms with E-state index in [-0.39, 0.29) is 17.6 Å². The number of morpholine rings is 1. The first-order valence-electron chi connectivity index (χ1n) is 8.19. The van der Waals surface area contributed by atoms with Gasteiger partial charge in [-0.1, -0.05) is 6.07 Å². The largest absolute Gasteiger partial charge is 0.373 e. The molecular formula is C17H22N4O3S. The Balaban J connectivity index is 1.60. The summed E-state index contributed by atoms with van der Waals surface area (Å²) in [4.78, 5) is 33.5. The maximum atomic E-state index is 12.5. The molecule has 2 aromatic rings. The molecule has 3 rings (SSSR count). The third-order valence-electron chi connectivity index (χ3n) is 4.23. The van der Waals surface area contributed by atoms with Crippen LogP contribution >= 0.6 is 11.3 Å². The molecule has 1 saturated heterocycles. The van der Waals surface area contributed by atoms with Crippen molar-refractivity contribution in [3.63, 3.8) is 0 Å². The Hall–Kier alpha value is -2.19. The summed E-state index contributed by atoms with van der Waals surface area (Å²) in [7, 11) is 3.52. The van der Waals surface area contributed by atoms with Crippen LogP contribution in [0.3, 0.4) is 0 Å². The molecule has 0 aromatic carbocycles. The number of carbonyl (C=O) groups is 1. The van der Waals surface area contributed by atoms with E-state index in [1.54, 1.807) is 35.7 Å². The molecule has 1 atom stereocenters. The number of amides is 1. The van der Waals surface area contributed by atoms with Crippen LogP contribution in [0.5, 0.6) is 0 Å². The molecule has 25 heavy (non-hydrogen) atoms. The number of likely N-dealkylation sites (N-methyl/N-ethyl adjacent to an activating group) is 1. The van der Waals surface area contributed by atoms with Crippen molar-refractivity contribution >= 4 is 23.1 Å².